The number of benzene rings is 2. The predicted octanol–water partition coefficient (Wildman–Crippen LogP) is 4.46. The van der Waals surface area contributed by atoms with Gasteiger partial charge in [0.05, 0.1) is 28.4 Å². The molecule has 0 spiro atoms. The van der Waals surface area contributed by atoms with E-state index in [2.05, 4.69) is 0 Å². The molecule has 3 atom stereocenters. The maximum atomic E-state index is 13.6. The standard InChI is InChI=1S/C27H29NO6/c1-15-24(27(30)34-5)25(17-8-11-22(32-3)23(14-17)33-4)26-20(28-15)12-18(13-21(26)29)16-6-9-19(31-2)10-7-16/h6-11,14,18,24-25H,12-13H2,1-5H3. The summed E-state index contributed by atoms with van der Waals surface area (Å²) in [5.74, 6) is 0.259. The summed E-state index contributed by atoms with van der Waals surface area (Å²) in [5.41, 5.74) is 3.79. The lowest BCUT2D eigenvalue weighted by atomic mass is 9.69. The van der Waals surface area contributed by atoms with Gasteiger partial charge in [-0.3, -0.25) is 14.6 Å². The van der Waals surface area contributed by atoms with Gasteiger partial charge in [0.25, 0.3) is 0 Å². The fourth-order valence-corrected chi connectivity index (χ4v) is 5.01. The number of methoxy groups -OCH3 is 4. The number of hydrogen-bond donors (Lipinski definition) is 0. The molecule has 1 heterocycles. The summed E-state index contributed by atoms with van der Waals surface area (Å²) in [6.07, 6.45) is 0.958. The largest absolute Gasteiger partial charge is 0.497 e. The SMILES string of the molecule is COC(=O)C1C(C)=NC2=C(C(=O)CC(c3ccc(OC)cc3)C2)C1c1ccc(OC)c(OC)c1. The Morgan fingerprint density at radius 2 is 1.56 bits per heavy atom. The van der Waals surface area contributed by atoms with E-state index in [1.165, 1.54) is 7.11 Å². The van der Waals surface area contributed by atoms with Gasteiger partial charge in [-0.2, -0.15) is 0 Å². The third-order valence-corrected chi connectivity index (χ3v) is 6.70. The molecule has 7 heteroatoms. The van der Waals surface area contributed by atoms with Gasteiger partial charge >= 0.3 is 5.97 Å². The first-order chi connectivity index (χ1) is 16.4. The van der Waals surface area contributed by atoms with Crippen LogP contribution >= 0.6 is 0 Å². The maximum Gasteiger partial charge on any atom is 0.315 e. The highest BCUT2D eigenvalue weighted by Crippen LogP contribution is 2.48. The molecule has 178 valence electrons. The van der Waals surface area contributed by atoms with Crippen molar-refractivity contribution >= 4 is 17.5 Å². The summed E-state index contributed by atoms with van der Waals surface area (Å²) in [6.45, 7) is 1.82. The van der Waals surface area contributed by atoms with E-state index in [0.717, 1.165) is 22.6 Å². The number of nitrogens with zero attached hydrogens (tertiary/aromatic N) is 1. The quantitative estimate of drug-likeness (QED) is 0.588. The summed E-state index contributed by atoms with van der Waals surface area (Å²) in [7, 11) is 6.11. The summed E-state index contributed by atoms with van der Waals surface area (Å²) in [4.78, 5) is 31.2. The van der Waals surface area contributed by atoms with Crippen molar-refractivity contribution in [1.82, 2.24) is 0 Å². The Labute approximate surface area is 199 Å². The monoisotopic (exact) mass is 463 g/mol. The first-order valence-corrected chi connectivity index (χ1v) is 11.2. The Hall–Kier alpha value is -3.61. The van der Waals surface area contributed by atoms with Crippen molar-refractivity contribution < 1.29 is 28.5 Å². The van der Waals surface area contributed by atoms with Crippen molar-refractivity contribution in [2.75, 3.05) is 28.4 Å². The zero-order chi connectivity index (χ0) is 24.4. The van der Waals surface area contributed by atoms with Crippen LogP contribution in [0, 0.1) is 5.92 Å². The minimum Gasteiger partial charge on any atom is -0.497 e. The van der Waals surface area contributed by atoms with Crippen molar-refractivity contribution in [2.24, 2.45) is 10.9 Å². The Kier molecular flexibility index (Phi) is 6.72. The van der Waals surface area contributed by atoms with Crippen LogP contribution in [0.2, 0.25) is 0 Å². The van der Waals surface area contributed by atoms with Gasteiger partial charge in [0, 0.05) is 29.3 Å². The second-order valence-electron chi connectivity index (χ2n) is 8.51. The molecule has 0 amide bonds. The molecule has 1 aliphatic carbocycles. The molecule has 2 aliphatic rings. The van der Waals surface area contributed by atoms with Crippen molar-refractivity contribution in [2.45, 2.75) is 31.6 Å². The molecule has 4 rings (SSSR count). The molecule has 0 aromatic heterocycles. The molecule has 0 radical (unpaired) electrons. The minimum absolute atomic E-state index is 0.00740. The van der Waals surface area contributed by atoms with E-state index in [0.29, 0.717) is 35.6 Å². The van der Waals surface area contributed by atoms with E-state index in [9.17, 15) is 9.59 Å². The van der Waals surface area contributed by atoms with Gasteiger partial charge in [-0.25, -0.2) is 0 Å². The Balaban J connectivity index is 1.80. The highest BCUT2D eigenvalue weighted by Gasteiger charge is 2.44. The number of aliphatic imine (C=N–C) groups is 1. The summed E-state index contributed by atoms with van der Waals surface area (Å²) in [6, 6.07) is 13.3. The van der Waals surface area contributed by atoms with E-state index in [1.807, 2.05) is 43.3 Å². The van der Waals surface area contributed by atoms with Crippen LogP contribution < -0.4 is 14.2 Å². The van der Waals surface area contributed by atoms with Crippen molar-refractivity contribution in [3.8, 4) is 17.2 Å². The number of carbonyl (C=O) groups excluding carboxylic acids is 2. The van der Waals surface area contributed by atoms with Crippen LogP contribution in [0.4, 0.5) is 0 Å². The molecule has 34 heavy (non-hydrogen) atoms. The predicted molar refractivity (Wildman–Crippen MR) is 128 cm³/mol. The number of allylic oxidation sites excluding steroid dienone is 2. The van der Waals surface area contributed by atoms with E-state index >= 15 is 0 Å². The molecular formula is C27H29NO6. The lowest BCUT2D eigenvalue weighted by Crippen LogP contribution is -2.37. The normalized spacial score (nSPS) is 22.0. The van der Waals surface area contributed by atoms with Crippen molar-refractivity contribution in [1.29, 1.82) is 0 Å². The molecule has 1 aliphatic heterocycles. The van der Waals surface area contributed by atoms with Crippen LogP contribution in [0.25, 0.3) is 0 Å². The first-order valence-electron chi connectivity index (χ1n) is 11.2. The average molecular weight is 464 g/mol. The summed E-state index contributed by atoms with van der Waals surface area (Å²) in [5, 5.41) is 0. The number of rotatable bonds is 6. The molecule has 0 fully saturated rings. The van der Waals surface area contributed by atoms with Crippen LogP contribution in [0.15, 0.2) is 58.7 Å². The second-order valence-corrected chi connectivity index (χ2v) is 8.51. The molecule has 2 aromatic rings. The first kappa shape index (κ1) is 23.5. The number of ketones is 1. The van der Waals surface area contributed by atoms with Crippen molar-refractivity contribution in [3.05, 3.63) is 64.9 Å². The number of carbonyl (C=O) groups is 2. The van der Waals surface area contributed by atoms with E-state index in [4.69, 9.17) is 23.9 Å². The lowest BCUT2D eigenvalue weighted by Gasteiger charge is -2.36. The molecule has 3 unspecified atom stereocenters. The van der Waals surface area contributed by atoms with E-state index in [-0.39, 0.29) is 11.7 Å². The van der Waals surface area contributed by atoms with Gasteiger partial charge in [-0.1, -0.05) is 18.2 Å². The van der Waals surface area contributed by atoms with Gasteiger partial charge in [0.2, 0.25) is 0 Å². The second kappa shape index (κ2) is 9.71. The van der Waals surface area contributed by atoms with Crippen molar-refractivity contribution in [3.63, 3.8) is 0 Å². The van der Waals surface area contributed by atoms with E-state index in [1.54, 1.807) is 27.4 Å². The fourth-order valence-electron chi connectivity index (χ4n) is 5.01. The molecule has 0 bridgehead atoms. The van der Waals surface area contributed by atoms with Gasteiger partial charge in [0.1, 0.15) is 11.7 Å². The Morgan fingerprint density at radius 1 is 0.882 bits per heavy atom. The molecule has 7 nitrogen and oxygen atoms in total. The summed E-state index contributed by atoms with van der Waals surface area (Å²) < 4.78 is 21.2. The third-order valence-electron chi connectivity index (χ3n) is 6.70. The van der Waals surface area contributed by atoms with Gasteiger partial charge in [-0.15, -0.1) is 0 Å². The zero-order valence-electron chi connectivity index (χ0n) is 20.1. The molecule has 0 saturated carbocycles. The lowest BCUT2D eigenvalue weighted by molar-refractivity contribution is -0.143. The maximum absolute atomic E-state index is 13.6. The Bertz CT molecular complexity index is 1160. The van der Waals surface area contributed by atoms with Crippen LogP contribution in [0.3, 0.4) is 0 Å². The van der Waals surface area contributed by atoms with Gasteiger partial charge < -0.3 is 18.9 Å². The highest BCUT2D eigenvalue weighted by atomic mass is 16.5. The fraction of sp³-hybridized carbons (Fsp3) is 0.370. The Morgan fingerprint density at radius 3 is 2.18 bits per heavy atom. The van der Waals surface area contributed by atoms with Gasteiger partial charge in [0.15, 0.2) is 17.3 Å². The van der Waals surface area contributed by atoms with Crippen LogP contribution in [-0.4, -0.2) is 45.9 Å². The molecule has 0 N–H and O–H groups in total. The number of hydrogen-bond acceptors (Lipinski definition) is 7. The highest BCUT2D eigenvalue weighted by molar-refractivity contribution is 6.09. The average Bonchev–Trinajstić information content (AvgIpc) is 2.86. The number of ether oxygens (including phenoxy) is 4. The van der Waals surface area contributed by atoms with Crippen LogP contribution in [0.1, 0.15) is 42.7 Å². The number of esters is 1. The number of Topliss-reactive ketones (excluding diaryl/α,β-unsaturated/α-hetero) is 1. The van der Waals surface area contributed by atoms with Gasteiger partial charge in [-0.05, 0) is 54.7 Å². The third kappa shape index (κ3) is 4.18. The van der Waals surface area contributed by atoms with Crippen LogP contribution in [0.5, 0.6) is 17.2 Å². The smallest absolute Gasteiger partial charge is 0.315 e. The molecule has 0 saturated heterocycles. The molecular weight excluding hydrogens is 434 g/mol. The topological polar surface area (TPSA) is 83.4 Å². The zero-order valence-corrected chi connectivity index (χ0v) is 20.1. The van der Waals surface area contributed by atoms with Crippen LogP contribution in [-0.2, 0) is 14.3 Å². The van der Waals surface area contributed by atoms with E-state index < -0.39 is 17.8 Å². The molecule has 2 aromatic carbocycles. The minimum atomic E-state index is -0.691. The summed E-state index contributed by atoms with van der Waals surface area (Å²) >= 11 is 0.